The zero-order valence-corrected chi connectivity index (χ0v) is 12.1. The lowest BCUT2D eigenvalue weighted by Crippen LogP contribution is -2.16. The number of methoxy groups -OCH3 is 1. The zero-order valence-electron chi connectivity index (χ0n) is 10.5. The Balaban J connectivity index is 1.98. The molecule has 0 saturated heterocycles. The molecule has 1 aromatic carbocycles. The largest absolute Gasteiger partial charge is 0.496 e. The van der Waals surface area contributed by atoms with Crippen molar-refractivity contribution in [3.63, 3.8) is 0 Å². The second-order valence-corrected chi connectivity index (χ2v) is 5.07. The summed E-state index contributed by atoms with van der Waals surface area (Å²) < 4.78 is 11.5. The summed E-state index contributed by atoms with van der Waals surface area (Å²) in [6, 6.07) is 10.0. The van der Waals surface area contributed by atoms with Crippen molar-refractivity contribution in [2.75, 3.05) is 14.2 Å². The van der Waals surface area contributed by atoms with Crippen molar-refractivity contribution in [3.05, 3.63) is 52.4 Å². The molecule has 0 spiro atoms. The lowest BCUT2D eigenvalue weighted by molar-refractivity contribution is 0.287. The minimum Gasteiger partial charge on any atom is -0.496 e. The van der Waals surface area contributed by atoms with Crippen molar-refractivity contribution in [1.82, 2.24) is 4.90 Å². The summed E-state index contributed by atoms with van der Waals surface area (Å²) in [4.78, 5) is 2.20. The third-order valence-corrected chi connectivity index (χ3v) is 3.29. The van der Waals surface area contributed by atoms with E-state index in [4.69, 9.17) is 9.15 Å². The van der Waals surface area contributed by atoms with Gasteiger partial charge in [0.1, 0.15) is 11.5 Å². The van der Waals surface area contributed by atoms with Crippen molar-refractivity contribution in [2.24, 2.45) is 0 Å². The van der Waals surface area contributed by atoms with E-state index in [0.29, 0.717) is 0 Å². The van der Waals surface area contributed by atoms with Gasteiger partial charge in [-0.1, -0.05) is 6.07 Å². The number of halogens is 1. The number of benzene rings is 1. The van der Waals surface area contributed by atoms with E-state index in [0.717, 1.165) is 29.1 Å². The van der Waals surface area contributed by atoms with E-state index in [-0.39, 0.29) is 0 Å². The lowest BCUT2D eigenvalue weighted by atomic mass is 10.2. The Morgan fingerprint density at radius 2 is 2.11 bits per heavy atom. The number of ether oxygens (including phenoxy) is 1. The molecule has 0 fully saturated rings. The van der Waals surface area contributed by atoms with Gasteiger partial charge >= 0.3 is 0 Å². The van der Waals surface area contributed by atoms with Gasteiger partial charge in [0.15, 0.2) is 0 Å². The molecule has 0 aliphatic carbocycles. The van der Waals surface area contributed by atoms with Gasteiger partial charge < -0.3 is 9.15 Å². The van der Waals surface area contributed by atoms with Gasteiger partial charge in [-0.3, -0.25) is 4.90 Å². The monoisotopic (exact) mass is 309 g/mol. The summed E-state index contributed by atoms with van der Waals surface area (Å²) in [6.07, 6.45) is 1.70. The fraction of sp³-hybridized carbons (Fsp3) is 0.286. The van der Waals surface area contributed by atoms with Gasteiger partial charge in [0, 0.05) is 6.54 Å². The Bertz CT molecular complexity index is 497. The molecule has 2 aromatic rings. The first-order valence-corrected chi connectivity index (χ1v) is 6.51. The lowest BCUT2D eigenvalue weighted by Gasteiger charge is -2.15. The number of nitrogens with zero attached hydrogens (tertiary/aromatic N) is 1. The van der Waals surface area contributed by atoms with Gasteiger partial charge in [-0.05, 0) is 52.8 Å². The highest BCUT2D eigenvalue weighted by Crippen LogP contribution is 2.26. The van der Waals surface area contributed by atoms with Crippen molar-refractivity contribution < 1.29 is 9.15 Å². The maximum absolute atomic E-state index is 5.33. The van der Waals surface area contributed by atoms with Gasteiger partial charge in [0.25, 0.3) is 0 Å². The topological polar surface area (TPSA) is 25.6 Å². The highest BCUT2D eigenvalue weighted by molar-refractivity contribution is 9.10. The molecular formula is C14H16BrNO2. The Hall–Kier alpha value is -1.26. The first-order chi connectivity index (χ1) is 8.69. The first kappa shape index (κ1) is 13.2. The van der Waals surface area contributed by atoms with Crippen LogP contribution in [0.25, 0.3) is 0 Å². The Morgan fingerprint density at radius 3 is 2.72 bits per heavy atom. The fourth-order valence-corrected chi connectivity index (χ4v) is 2.43. The highest BCUT2D eigenvalue weighted by atomic mass is 79.9. The summed E-state index contributed by atoms with van der Waals surface area (Å²) in [7, 11) is 3.74. The van der Waals surface area contributed by atoms with E-state index >= 15 is 0 Å². The first-order valence-electron chi connectivity index (χ1n) is 5.72. The van der Waals surface area contributed by atoms with Crippen LogP contribution in [0.3, 0.4) is 0 Å². The van der Waals surface area contributed by atoms with Gasteiger partial charge in [-0.25, -0.2) is 0 Å². The number of rotatable bonds is 5. The quantitative estimate of drug-likeness (QED) is 0.842. The summed E-state index contributed by atoms with van der Waals surface area (Å²) in [5.41, 5.74) is 1.23. The van der Waals surface area contributed by atoms with Crippen LogP contribution in [0.1, 0.15) is 11.3 Å². The SMILES string of the molecule is COc1ccc(CN(C)Cc2ccco2)cc1Br. The van der Waals surface area contributed by atoms with Crippen LogP contribution in [0.2, 0.25) is 0 Å². The van der Waals surface area contributed by atoms with E-state index in [9.17, 15) is 0 Å². The Kier molecular flexibility index (Phi) is 4.44. The van der Waals surface area contributed by atoms with Gasteiger partial charge in [0.05, 0.1) is 24.4 Å². The maximum Gasteiger partial charge on any atom is 0.133 e. The molecule has 0 saturated carbocycles. The predicted molar refractivity (Wildman–Crippen MR) is 74.6 cm³/mol. The number of hydrogen-bond donors (Lipinski definition) is 0. The van der Waals surface area contributed by atoms with Crippen LogP contribution in [0, 0.1) is 0 Å². The van der Waals surface area contributed by atoms with Crippen LogP contribution in [0.4, 0.5) is 0 Å². The summed E-state index contributed by atoms with van der Waals surface area (Å²) in [6.45, 7) is 1.67. The predicted octanol–water partition coefficient (Wildman–Crippen LogP) is 3.68. The smallest absolute Gasteiger partial charge is 0.133 e. The Morgan fingerprint density at radius 1 is 1.28 bits per heavy atom. The number of hydrogen-bond acceptors (Lipinski definition) is 3. The van der Waals surface area contributed by atoms with Gasteiger partial charge in [-0.2, -0.15) is 0 Å². The summed E-state index contributed by atoms with van der Waals surface area (Å²) >= 11 is 3.50. The molecule has 0 N–H and O–H groups in total. The van der Waals surface area contributed by atoms with Crippen molar-refractivity contribution in [2.45, 2.75) is 13.1 Å². The molecular weight excluding hydrogens is 294 g/mol. The third kappa shape index (κ3) is 3.37. The standard InChI is InChI=1S/C14H16BrNO2/c1-16(10-12-4-3-7-18-12)9-11-5-6-14(17-2)13(15)8-11/h3-8H,9-10H2,1-2H3. The molecule has 3 nitrogen and oxygen atoms in total. The fourth-order valence-electron chi connectivity index (χ4n) is 1.84. The second-order valence-electron chi connectivity index (χ2n) is 4.22. The Labute approximate surface area is 115 Å². The van der Waals surface area contributed by atoms with Crippen LogP contribution < -0.4 is 4.74 Å². The molecule has 0 bridgehead atoms. The van der Waals surface area contributed by atoms with E-state index < -0.39 is 0 Å². The summed E-state index contributed by atoms with van der Waals surface area (Å²) in [5.74, 6) is 1.83. The summed E-state index contributed by atoms with van der Waals surface area (Å²) in [5, 5.41) is 0. The molecule has 0 radical (unpaired) electrons. The molecule has 0 atom stereocenters. The van der Waals surface area contributed by atoms with Gasteiger partial charge in [0.2, 0.25) is 0 Å². The van der Waals surface area contributed by atoms with Crippen LogP contribution in [0.15, 0.2) is 45.5 Å². The molecule has 1 aromatic heterocycles. The molecule has 2 rings (SSSR count). The molecule has 1 heterocycles. The van der Waals surface area contributed by atoms with Crippen LogP contribution in [-0.4, -0.2) is 19.1 Å². The third-order valence-electron chi connectivity index (χ3n) is 2.67. The van der Waals surface area contributed by atoms with Crippen LogP contribution in [-0.2, 0) is 13.1 Å². The minimum atomic E-state index is 0.802. The molecule has 0 aliphatic rings. The number of furan rings is 1. The maximum atomic E-state index is 5.33. The highest BCUT2D eigenvalue weighted by Gasteiger charge is 2.06. The van der Waals surface area contributed by atoms with Crippen molar-refractivity contribution in [3.8, 4) is 5.75 Å². The molecule has 0 aliphatic heterocycles. The molecule has 0 unspecified atom stereocenters. The molecule has 0 amide bonds. The van der Waals surface area contributed by atoms with E-state index in [1.165, 1.54) is 5.56 Å². The van der Waals surface area contributed by atoms with Gasteiger partial charge in [-0.15, -0.1) is 0 Å². The minimum absolute atomic E-state index is 0.802. The van der Waals surface area contributed by atoms with Crippen LogP contribution in [0.5, 0.6) is 5.75 Å². The average Bonchev–Trinajstić information content (AvgIpc) is 2.82. The average molecular weight is 310 g/mol. The van der Waals surface area contributed by atoms with Crippen LogP contribution >= 0.6 is 15.9 Å². The van der Waals surface area contributed by atoms with E-state index in [1.807, 2.05) is 18.2 Å². The van der Waals surface area contributed by atoms with E-state index in [1.54, 1.807) is 13.4 Å². The molecule has 18 heavy (non-hydrogen) atoms. The zero-order chi connectivity index (χ0) is 13.0. The second kappa shape index (κ2) is 6.07. The normalized spacial score (nSPS) is 10.9. The van der Waals surface area contributed by atoms with Crippen molar-refractivity contribution >= 4 is 15.9 Å². The van der Waals surface area contributed by atoms with Crippen molar-refractivity contribution in [1.29, 1.82) is 0 Å². The van der Waals surface area contributed by atoms with E-state index in [2.05, 4.69) is 40.0 Å². The molecule has 96 valence electrons. The molecule has 4 heteroatoms.